The van der Waals surface area contributed by atoms with Crippen LogP contribution < -0.4 is 15.8 Å². The molecule has 0 fully saturated rings. The smallest absolute Gasteiger partial charge is 0.275 e. The molecule has 0 atom stereocenters. The Morgan fingerprint density at radius 3 is 2.80 bits per heavy atom. The van der Waals surface area contributed by atoms with Crippen molar-refractivity contribution in [2.75, 3.05) is 19.0 Å². The Morgan fingerprint density at radius 2 is 2.00 bits per heavy atom. The Labute approximate surface area is 144 Å². The Balaban J connectivity index is 1.72. The zero-order valence-corrected chi connectivity index (χ0v) is 14.1. The minimum Gasteiger partial charge on any atom is -0.362 e. The quantitative estimate of drug-likeness (QED) is 0.756. The minimum atomic E-state index is -0.279. The predicted octanol–water partition coefficient (Wildman–Crippen LogP) is 1.17. The van der Waals surface area contributed by atoms with Gasteiger partial charge in [0.15, 0.2) is 0 Å². The summed E-state index contributed by atoms with van der Waals surface area (Å²) < 4.78 is 1.17. The molecule has 0 saturated carbocycles. The van der Waals surface area contributed by atoms with E-state index in [1.807, 2.05) is 43.3 Å². The van der Waals surface area contributed by atoms with E-state index in [0.29, 0.717) is 11.9 Å². The van der Waals surface area contributed by atoms with E-state index in [1.54, 1.807) is 24.5 Å². The number of hydrogen-bond acceptors (Lipinski definition) is 5. The first-order valence-corrected chi connectivity index (χ1v) is 7.89. The molecule has 1 N–H and O–H groups in total. The van der Waals surface area contributed by atoms with Crippen LogP contribution in [-0.2, 0) is 17.9 Å². The van der Waals surface area contributed by atoms with Crippen molar-refractivity contribution in [2.24, 2.45) is 0 Å². The molecule has 7 heteroatoms. The van der Waals surface area contributed by atoms with Gasteiger partial charge in [0.25, 0.3) is 5.56 Å². The van der Waals surface area contributed by atoms with Crippen LogP contribution in [0.1, 0.15) is 5.56 Å². The summed E-state index contributed by atoms with van der Waals surface area (Å²) in [7, 11) is 3.79. The fourth-order valence-electron chi connectivity index (χ4n) is 2.60. The van der Waals surface area contributed by atoms with Crippen LogP contribution in [-0.4, -0.2) is 34.8 Å². The normalized spacial score (nSPS) is 10.6. The van der Waals surface area contributed by atoms with Gasteiger partial charge < -0.3 is 10.2 Å². The number of nitrogens with one attached hydrogen (secondary N) is 1. The lowest BCUT2D eigenvalue weighted by atomic mass is 10.2. The van der Waals surface area contributed by atoms with Crippen molar-refractivity contribution < 1.29 is 4.79 Å². The number of carbonyl (C=O) groups is 1. The SMILES string of the molecule is CN(C)c1ncccc1CNC(=O)Cn1ncc2ccccc2c1=O. The van der Waals surface area contributed by atoms with Crippen LogP contribution in [0.25, 0.3) is 10.8 Å². The first-order chi connectivity index (χ1) is 12.1. The van der Waals surface area contributed by atoms with Crippen LogP contribution in [0.2, 0.25) is 0 Å². The van der Waals surface area contributed by atoms with Gasteiger partial charge >= 0.3 is 0 Å². The molecule has 128 valence electrons. The highest BCUT2D eigenvalue weighted by Crippen LogP contribution is 2.13. The van der Waals surface area contributed by atoms with Crippen LogP contribution in [0.3, 0.4) is 0 Å². The molecular formula is C18H19N5O2. The van der Waals surface area contributed by atoms with Gasteiger partial charge in [0, 0.05) is 37.8 Å². The molecule has 1 aromatic carbocycles. The summed E-state index contributed by atoms with van der Waals surface area (Å²) in [5.74, 6) is 0.516. The molecule has 2 heterocycles. The molecule has 7 nitrogen and oxygen atoms in total. The van der Waals surface area contributed by atoms with E-state index in [1.165, 1.54) is 4.68 Å². The molecule has 0 unspecified atom stereocenters. The molecular weight excluding hydrogens is 318 g/mol. The summed E-state index contributed by atoms with van der Waals surface area (Å²) in [6.07, 6.45) is 3.30. The summed E-state index contributed by atoms with van der Waals surface area (Å²) in [6, 6.07) is 10.9. The molecule has 1 amide bonds. The number of rotatable bonds is 5. The third-order valence-electron chi connectivity index (χ3n) is 3.82. The van der Waals surface area contributed by atoms with Crippen molar-refractivity contribution in [3.05, 3.63) is 64.7 Å². The molecule has 0 spiro atoms. The molecule has 0 bridgehead atoms. The standard InChI is InChI=1S/C18H19N5O2/c1-22(2)17-14(7-5-9-19-17)10-20-16(24)12-23-18(25)15-8-4-3-6-13(15)11-21-23/h3-9,11H,10,12H2,1-2H3,(H,20,24). The number of pyridine rings is 1. The van der Waals surface area contributed by atoms with Crippen molar-refractivity contribution in [3.8, 4) is 0 Å². The van der Waals surface area contributed by atoms with Gasteiger partial charge in [0.05, 0.1) is 11.6 Å². The van der Waals surface area contributed by atoms with Gasteiger partial charge in [-0.3, -0.25) is 9.59 Å². The molecule has 2 aromatic heterocycles. The van der Waals surface area contributed by atoms with Crippen LogP contribution in [0, 0.1) is 0 Å². The number of aromatic nitrogens is 3. The fraction of sp³-hybridized carbons (Fsp3) is 0.222. The second-order valence-electron chi connectivity index (χ2n) is 5.85. The molecule has 0 saturated heterocycles. The lowest BCUT2D eigenvalue weighted by Crippen LogP contribution is -2.33. The second kappa shape index (κ2) is 7.12. The van der Waals surface area contributed by atoms with Gasteiger partial charge in [-0.25, -0.2) is 9.67 Å². The van der Waals surface area contributed by atoms with Crippen LogP contribution in [0.5, 0.6) is 0 Å². The van der Waals surface area contributed by atoms with E-state index in [4.69, 9.17) is 0 Å². The average Bonchev–Trinajstić information content (AvgIpc) is 2.63. The highest BCUT2D eigenvalue weighted by Gasteiger charge is 2.10. The molecule has 0 aliphatic heterocycles. The molecule has 0 aliphatic rings. The monoisotopic (exact) mass is 337 g/mol. The second-order valence-corrected chi connectivity index (χ2v) is 5.85. The highest BCUT2D eigenvalue weighted by atomic mass is 16.2. The summed E-state index contributed by atoms with van der Waals surface area (Å²) in [5.41, 5.74) is 0.628. The number of anilines is 1. The predicted molar refractivity (Wildman–Crippen MR) is 96.4 cm³/mol. The first-order valence-electron chi connectivity index (χ1n) is 7.89. The Morgan fingerprint density at radius 1 is 1.20 bits per heavy atom. The first kappa shape index (κ1) is 16.6. The van der Waals surface area contributed by atoms with Crippen LogP contribution >= 0.6 is 0 Å². The van der Waals surface area contributed by atoms with Gasteiger partial charge in [0.2, 0.25) is 5.91 Å². The van der Waals surface area contributed by atoms with Gasteiger partial charge in [-0.2, -0.15) is 5.10 Å². The zero-order valence-electron chi connectivity index (χ0n) is 14.1. The van der Waals surface area contributed by atoms with E-state index in [9.17, 15) is 9.59 Å². The van der Waals surface area contributed by atoms with E-state index < -0.39 is 0 Å². The molecule has 0 radical (unpaired) electrons. The van der Waals surface area contributed by atoms with Crippen LogP contribution in [0.15, 0.2) is 53.6 Å². The molecule has 25 heavy (non-hydrogen) atoms. The lowest BCUT2D eigenvalue weighted by molar-refractivity contribution is -0.122. The van der Waals surface area contributed by atoms with Crippen molar-refractivity contribution in [2.45, 2.75) is 13.1 Å². The van der Waals surface area contributed by atoms with E-state index in [0.717, 1.165) is 16.8 Å². The number of benzene rings is 1. The average molecular weight is 337 g/mol. The number of amides is 1. The van der Waals surface area contributed by atoms with Crippen molar-refractivity contribution in [1.29, 1.82) is 0 Å². The maximum Gasteiger partial charge on any atom is 0.275 e. The van der Waals surface area contributed by atoms with E-state index in [2.05, 4.69) is 15.4 Å². The van der Waals surface area contributed by atoms with Crippen molar-refractivity contribution >= 4 is 22.5 Å². The summed E-state index contributed by atoms with van der Waals surface area (Å²) in [4.78, 5) is 30.8. The largest absolute Gasteiger partial charge is 0.362 e. The maximum atomic E-state index is 12.4. The van der Waals surface area contributed by atoms with Gasteiger partial charge in [-0.15, -0.1) is 0 Å². The molecule has 3 rings (SSSR count). The van der Waals surface area contributed by atoms with Crippen molar-refractivity contribution in [1.82, 2.24) is 20.1 Å². The number of nitrogens with zero attached hydrogens (tertiary/aromatic N) is 4. The van der Waals surface area contributed by atoms with Crippen LogP contribution in [0.4, 0.5) is 5.82 Å². The van der Waals surface area contributed by atoms with Gasteiger partial charge in [0.1, 0.15) is 12.4 Å². The molecule has 0 aliphatic carbocycles. The number of carbonyl (C=O) groups excluding carboxylic acids is 1. The lowest BCUT2D eigenvalue weighted by Gasteiger charge is -2.16. The minimum absolute atomic E-state index is 0.124. The third kappa shape index (κ3) is 3.65. The molecule has 3 aromatic rings. The topological polar surface area (TPSA) is 80.1 Å². The third-order valence-corrected chi connectivity index (χ3v) is 3.82. The zero-order chi connectivity index (χ0) is 17.8. The Kier molecular flexibility index (Phi) is 4.74. The number of hydrogen-bond donors (Lipinski definition) is 1. The highest BCUT2D eigenvalue weighted by molar-refractivity contribution is 5.81. The van der Waals surface area contributed by atoms with E-state index >= 15 is 0 Å². The maximum absolute atomic E-state index is 12.4. The summed E-state index contributed by atoms with van der Waals surface area (Å²) in [6.45, 7) is 0.212. The Bertz CT molecular complexity index is 965. The fourth-order valence-corrected chi connectivity index (χ4v) is 2.60. The number of fused-ring (bicyclic) bond motifs is 1. The summed E-state index contributed by atoms with van der Waals surface area (Å²) in [5, 5.41) is 8.19. The Hall–Kier alpha value is -3.22. The van der Waals surface area contributed by atoms with Gasteiger partial charge in [-0.05, 0) is 12.1 Å². The summed E-state index contributed by atoms with van der Waals surface area (Å²) >= 11 is 0. The van der Waals surface area contributed by atoms with Gasteiger partial charge in [-0.1, -0.05) is 24.3 Å². The van der Waals surface area contributed by atoms with E-state index in [-0.39, 0.29) is 18.0 Å². The van der Waals surface area contributed by atoms with Crippen molar-refractivity contribution in [3.63, 3.8) is 0 Å².